The Bertz CT molecular complexity index is 245. The van der Waals surface area contributed by atoms with E-state index >= 15 is 0 Å². The van der Waals surface area contributed by atoms with E-state index in [1.165, 1.54) is 4.90 Å². The molecule has 1 amide bonds. The second kappa shape index (κ2) is 4.71. The fraction of sp³-hybridized carbons (Fsp3) is 0.750. The monoisotopic (exact) mass is 219 g/mol. The fourth-order valence-electron chi connectivity index (χ4n) is 1.59. The SMILES string of the molecule is O=C(O)[C@@H]1CC(O)CN1C(=O)CCP. The third kappa shape index (κ3) is 2.42. The highest BCUT2D eigenvalue weighted by atomic mass is 31.0. The highest BCUT2D eigenvalue weighted by Gasteiger charge is 2.38. The van der Waals surface area contributed by atoms with Crippen LogP contribution < -0.4 is 0 Å². The number of amides is 1. The van der Waals surface area contributed by atoms with Crippen molar-refractivity contribution in [3.8, 4) is 0 Å². The molecule has 5 nitrogen and oxygen atoms in total. The Morgan fingerprint density at radius 1 is 1.50 bits per heavy atom. The molecule has 1 aliphatic rings. The van der Waals surface area contributed by atoms with Gasteiger partial charge in [-0.25, -0.2) is 4.79 Å². The van der Waals surface area contributed by atoms with Gasteiger partial charge in [0, 0.05) is 19.4 Å². The van der Waals surface area contributed by atoms with Gasteiger partial charge < -0.3 is 15.1 Å². The van der Waals surface area contributed by atoms with Gasteiger partial charge in [-0.2, -0.15) is 0 Å². The predicted octanol–water partition coefficient (Wildman–Crippen LogP) is -0.702. The molecule has 0 aromatic heterocycles. The Hall–Kier alpha value is -0.670. The van der Waals surface area contributed by atoms with E-state index in [9.17, 15) is 14.7 Å². The third-order valence-electron chi connectivity index (χ3n) is 2.24. The number of rotatable bonds is 3. The lowest BCUT2D eigenvalue weighted by molar-refractivity contribution is -0.148. The molecule has 1 aliphatic heterocycles. The van der Waals surface area contributed by atoms with Crippen molar-refractivity contribution in [2.75, 3.05) is 12.7 Å². The van der Waals surface area contributed by atoms with Crippen LogP contribution in [0, 0.1) is 0 Å². The number of hydrogen-bond acceptors (Lipinski definition) is 3. The molecule has 0 aromatic carbocycles. The molecule has 2 unspecified atom stereocenters. The third-order valence-corrected chi connectivity index (χ3v) is 2.53. The molecule has 1 rings (SSSR count). The summed E-state index contributed by atoms with van der Waals surface area (Å²) < 4.78 is 0. The van der Waals surface area contributed by atoms with Crippen LogP contribution in [-0.2, 0) is 9.59 Å². The van der Waals surface area contributed by atoms with E-state index < -0.39 is 18.1 Å². The van der Waals surface area contributed by atoms with Gasteiger partial charge in [0.1, 0.15) is 6.04 Å². The summed E-state index contributed by atoms with van der Waals surface area (Å²) in [5.74, 6) is -1.25. The molecule has 0 radical (unpaired) electrons. The number of nitrogens with zero attached hydrogens (tertiary/aromatic N) is 1. The van der Waals surface area contributed by atoms with Crippen molar-refractivity contribution >= 4 is 21.1 Å². The summed E-state index contributed by atoms with van der Waals surface area (Å²) in [5, 5.41) is 18.1. The predicted molar refractivity (Wildman–Crippen MR) is 53.0 cm³/mol. The van der Waals surface area contributed by atoms with Crippen LogP contribution in [0.2, 0.25) is 0 Å². The van der Waals surface area contributed by atoms with E-state index in [0.717, 1.165) is 0 Å². The number of carbonyl (C=O) groups excluding carboxylic acids is 1. The normalized spacial score (nSPS) is 26.6. The maximum atomic E-state index is 11.4. The largest absolute Gasteiger partial charge is 0.480 e. The number of aliphatic hydroxyl groups is 1. The van der Waals surface area contributed by atoms with Crippen molar-refractivity contribution in [2.45, 2.75) is 25.0 Å². The van der Waals surface area contributed by atoms with Crippen LogP contribution in [-0.4, -0.2) is 51.8 Å². The molecule has 0 saturated carbocycles. The Labute approximate surface area is 84.3 Å². The highest BCUT2D eigenvalue weighted by molar-refractivity contribution is 7.16. The van der Waals surface area contributed by atoms with Gasteiger partial charge in [0.25, 0.3) is 0 Å². The Balaban J connectivity index is 2.66. The standard InChI is InChI=1S/C8H14NO4P/c10-5-3-6(8(12)13)9(4-5)7(11)1-2-14/h5-6,10H,1-4,14H2,(H,12,13)/t5?,6-/m0/s1. The number of carboxylic acid groups (broad SMARTS) is 1. The molecule has 6 heteroatoms. The summed E-state index contributed by atoms with van der Waals surface area (Å²) in [7, 11) is 2.42. The van der Waals surface area contributed by atoms with Crippen LogP contribution in [0.25, 0.3) is 0 Å². The van der Waals surface area contributed by atoms with Gasteiger partial charge in [0.15, 0.2) is 0 Å². The first-order valence-corrected chi connectivity index (χ1v) is 5.28. The minimum atomic E-state index is -1.04. The number of carbonyl (C=O) groups is 2. The number of hydrogen-bond donors (Lipinski definition) is 2. The molecule has 2 N–H and O–H groups in total. The van der Waals surface area contributed by atoms with Gasteiger partial charge in [-0.05, 0) is 6.16 Å². The molecule has 0 bridgehead atoms. The minimum Gasteiger partial charge on any atom is -0.480 e. The number of likely N-dealkylation sites (tertiary alicyclic amines) is 1. The van der Waals surface area contributed by atoms with Crippen LogP contribution in [0.4, 0.5) is 0 Å². The maximum Gasteiger partial charge on any atom is 0.326 e. The molecular formula is C8H14NO4P. The van der Waals surface area contributed by atoms with Gasteiger partial charge in [-0.3, -0.25) is 4.79 Å². The summed E-state index contributed by atoms with van der Waals surface area (Å²) in [5.41, 5.74) is 0. The summed E-state index contributed by atoms with van der Waals surface area (Å²) >= 11 is 0. The average molecular weight is 219 g/mol. The topological polar surface area (TPSA) is 77.8 Å². The smallest absolute Gasteiger partial charge is 0.326 e. The zero-order valence-electron chi connectivity index (χ0n) is 7.72. The molecule has 80 valence electrons. The van der Waals surface area contributed by atoms with Crippen molar-refractivity contribution in [2.24, 2.45) is 0 Å². The molecule has 14 heavy (non-hydrogen) atoms. The van der Waals surface area contributed by atoms with Crippen LogP contribution in [0.3, 0.4) is 0 Å². The molecule has 3 atom stereocenters. The van der Waals surface area contributed by atoms with Crippen molar-refractivity contribution < 1.29 is 19.8 Å². The zero-order chi connectivity index (χ0) is 10.7. The first kappa shape index (κ1) is 11.4. The Morgan fingerprint density at radius 3 is 2.64 bits per heavy atom. The van der Waals surface area contributed by atoms with Gasteiger partial charge in [-0.15, -0.1) is 9.24 Å². The van der Waals surface area contributed by atoms with E-state index in [1.807, 2.05) is 0 Å². The van der Waals surface area contributed by atoms with Crippen LogP contribution in [0.15, 0.2) is 0 Å². The van der Waals surface area contributed by atoms with E-state index in [2.05, 4.69) is 9.24 Å². The minimum absolute atomic E-state index is 0.137. The number of carboxylic acids is 1. The van der Waals surface area contributed by atoms with Crippen molar-refractivity contribution in [3.05, 3.63) is 0 Å². The summed E-state index contributed by atoms with van der Waals surface area (Å²) in [4.78, 5) is 23.4. The average Bonchev–Trinajstić information content (AvgIpc) is 2.48. The summed E-state index contributed by atoms with van der Waals surface area (Å²) in [6.45, 7) is 0.139. The lowest BCUT2D eigenvalue weighted by Gasteiger charge is -2.20. The van der Waals surface area contributed by atoms with E-state index in [1.54, 1.807) is 0 Å². The molecule has 0 aliphatic carbocycles. The Morgan fingerprint density at radius 2 is 2.14 bits per heavy atom. The summed E-state index contributed by atoms with van der Waals surface area (Å²) in [6, 6.07) is -0.853. The second-order valence-electron chi connectivity index (χ2n) is 3.33. The lowest BCUT2D eigenvalue weighted by atomic mass is 10.2. The zero-order valence-corrected chi connectivity index (χ0v) is 8.87. The molecule has 0 spiro atoms. The van der Waals surface area contributed by atoms with Crippen LogP contribution >= 0.6 is 9.24 Å². The number of β-amino-alcohol motifs (C(OH)–C–C–N with tert-alkyl or cyclic N) is 1. The molecular weight excluding hydrogens is 205 g/mol. The highest BCUT2D eigenvalue weighted by Crippen LogP contribution is 2.19. The van der Waals surface area contributed by atoms with Gasteiger partial charge in [-0.1, -0.05) is 0 Å². The molecule has 0 aromatic rings. The number of aliphatic hydroxyl groups excluding tert-OH is 1. The second-order valence-corrected chi connectivity index (χ2v) is 3.91. The van der Waals surface area contributed by atoms with Crippen molar-refractivity contribution in [1.82, 2.24) is 4.90 Å². The first-order valence-electron chi connectivity index (χ1n) is 4.46. The fourth-order valence-corrected chi connectivity index (χ4v) is 1.84. The quantitative estimate of drug-likeness (QED) is 0.615. The maximum absolute atomic E-state index is 11.4. The number of aliphatic carboxylic acids is 1. The first-order chi connectivity index (χ1) is 6.56. The van der Waals surface area contributed by atoms with Crippen LogP contribution in [0.1, 0.15) is 12.8 Å². The van der Waals surface area contributed by atoms with Gasteiger partial charge in [0.05, 0.1) is 6.10 Å². The van der Waals surface area contributed by atoms with E-state index in [4.69, 9.17) is 5.11 Å². The van der Waals surface area contributed by atoms with Crippen molar-refractivity contribution in [3.63, 3.8) is 0 Å². The van der Waals surface area contributed by atoms with Crippen LogP contribution in [0.5, 0.6) is 0 Å². The molecule has 1 heterocycles. The molecule has 1 fully saturated rings. The van der Waals surface area contributed by atoms with Gasteiger partial charge >= 0.3 is 5.97 Å². The molecule has 1 saturated heterocycles. The lowest BCUT2D eigenvalue weighted by Crippen LogP contribution is -2.40. The van der Waals surface area contributed by atoms with Crippen molar-refractivity contribution in [1.29, 1.82) is 0 Å². The van der Waals surface area contributed by atoms with E-state index in [0.29, 0.717) is 12.6 Å². The summed E-state index contributed by atoms with van der Waals surface area (Å²) in [6.07, 6.45) is 0.348. The van der Waals surface area contributed by atoms with Gasteiger partial charge in [0.2, 0.25) is 5.91 Å². The Kier molecular flexibility index (Phi) is 3.84. The van der Waals surface area contributed by atoms with E-state index in [-0.39, 0.29) is 18.9 Å².